The number of ether oxygens (including phenoxy) is 5. The molecule has 1 saturated carbocycles. The Morgan fingerprint density at radius 2 is 1.32 bits per heavy atom. The molecule has 3 heterocycles. The number of amides is 1. The van der Waals surface area contributed by atoms with Gasteiger partial charge in [0.15, 0.2) is 24.8 Å². The molecular weight excluding hydrogens is 606 g/mol. The lowest BCUT2D eigenvalue weighted by atomic mass is 9.87. The van der Waals surface area contributed by atoms with E-state index in [2.05, 4.69) is 6.92 Å². The molecule has 0 bridgehead atoms. The van der Waals surface area contributed by atoms with E-state index in [0.717, 1.165) is 41.5 Å². The molecule has 0 aromatic heterocycles. The average molecular weight is 648 g/mol. The number of carbonyl (C=O) groups excluding carboxylic acids is 5. The lowest BCUT2D eigenvalue weighted by Crippen LogP contribution is -2.47. The van der Waals surface area contributed by atoms with E-state index in [4.69, 9.17) is 23.7 Å². The van der Waals surface area contributed by atoms with Gasteiger partial charge in [-0.2, -0.15) is 0 Å². The van der Waals surface area contributed by atoms with E-state index in [1.807, 2.05) is 6.92 Å². The first-order valence-corrected chi connectivity index (χ1v) is 16.3. The molecule has 1 amide bonds. The van der Waals surface area contributed by atoms with E-state index in [9.17, 15) is 24.0 Å². The van der Waals surface area contributed by atoms with Crippen LogP contribution in [0.5, 0.6) is 11.5 Å². The van der Waals surface area contributed by atoms with Gasteiger partial charge < -0.3 is 23.7 Å². The summed E-state index contributed by atoms with van der Waals surface area (Å²) in [6.07, 6.45) is 3.01. The van der Waals surface area contributed by atoms with Gasteiger partial charge in [0.25, 0.3) is 0 Å². The standard InChI is InChI=1S/C36H41NO10/c1-19-6-8-21(10-19)33(40)45-17-27(38)22-11-24-15-44-30-14-23(12-25-16-43-29(13-22)31(24)32(25)30)28(39)18-46-34(41)26-9-7-20(2)37(26)35(42)47-36(3,4)5/h11-14,19-21,26H,6-10,15-18H2,1-5H3/t19-,20-,21+,26-/m0/s1. The van der Waals surface area contributed by atoms with Crippen LogP contribution >= 0.6 is 0 Å². The molecule has 2 aromatic carbocycles. The Bertz CT molecular complexity index is 1590. The Labute approximate surface area is 273 Å². The van der Waals surface area contributed by atoms with Crippen molar-refractivity contribution in [3.63, 3.8) is 0 Å². The number of esters is 2. The molecule has 2 fully saturated rings. The molecule has 4 aliphatic rings. The molecule has 11 nitrogen and oxygen atoms in total. The maximum Gasteiger partial charge on any atom is 0.411 e. The third kappa shape index (κ3) is 6.71. The molecule has 250 valence electrons. The molecule has 47 heavy (non-hydrogen) atoms. The van der Waals surface area contributed by atoms with Crippen molar-refractivity contribution in [1.82, 2.24) is 4.90 Å². The topological polar surface area (TPSA) is 135 Å². The van der Waals surface area contributed by atoms with Gasteiger partial charge in [0.2, 0.25) is 0 Å². The van der Waals surface area contributed by atoms with Crippen LogP contribution in [0.25, 0.3) is 11.1 Å². The monoisotopic (exact) mass is 647 g/mol. The number of hydrogen-bond donors (Lipinski definition) is 0. The van der Waals surface area contributed by atoms with E-state index in [0.29, 0.717) is 41.4 Å². The highest BCUT2D eigenvalue weighted by Gasteiger charge is 2.42. The molecule has 0 N–H and O–H groups in total. The van der Waals surface area contributed by atoms with Crippen molar-refractivity contribution in [2.24, 2.45) is 11.8 Å². The molecule has 2 aromatic rings. The average Bonchev–Trinajstić information content (AvgIpc) is 3.65. The number of rotatable bonds is 8. The number of benzene rings is 2. The molecular formula is C36H41NO10. The van der Waals surface area contributed by atoms with Gasteiger partial charge >= 0.3 is 18.0 Å². The fourth-order valence-corrected chi connectivity index (χ4v) is 6.92. The van der Waals surface area contributed by atoms with Crippen LogP contribution in [0, 0.1) is 11.8 Å². The van der Waals surface area contributed by atoms with Gasteiger partial charge in [-0.05, 0) is 90.0 Å². The van der Waals surface area contributed by atoms with Crippen molar-refractivity contribution in [3.8, 4) is 22.6 Å². The van der Waals surface area contributed by atoms with Crippen LogP contribution in [-0.2, 0) is 37.0 Å². The van der Waals surface area contributed by atoms with Crippen LogP contribution in [0.3, 0.4) is 0 Å². The Morgan fingerprint density at radius 1 is 0.766 bits per heavy atom. The summed E-state index contributed by atoms with van der Waals surface area (Å²) in [5.74, 6) is -0.367. The molecule has 0 spiro atoms. The van der Waals surface area contributed by atoms with Gasteiger partial charge in [-0.1, -0.05) is 6.92 Å². The molecule has 0 radical (unpaired) electrons. The summed E-state index contributed by atoms with van der Waals surface area (Å²) < 4.78 is 28.4. The number of carbonyl (C=O) groups is 5. The van der Waals surface area contributed by atoms with Crippen molar-refractivity contribution < 1.29 is 47.7 Å². The lowest BCUT2D eigenvalue weighted by molar-refractivity contribution is -0.148. The van der Waals surface area contributed by atoms with Crippen LogP contribution in [0.15, 0.2) is 24.3 Å². The minimum absolute atomic E-state index is 0.135. The SMILES string of the molecule is C[C@H]1CC[C@@H](C(=O)OCC(=O)c2cc3c4c(c2)OCc2cc(C(=O)COC(=O)[C@@H]5CC[C@H](C)N5C(=O)OC(C)(C)C)cc(c2-4)OC3)C1. The van der Waals surface area contributed by atoms with Crippen LogP contribution in [-0.4, -0.2) is 65.4 Å². The predicted molar refractivity (Wildman–Crippen MR) is 168 cm³/mol. The molecule has 0 unspecified atom stereocenters. The summed E-state index contributed by atoms with van der Waals surface area (Å²) >= 11 is 0. The first kappa shape index (κ1) is 32.5. The van der Waals surface area contributed by atoms with E-state index >= 15 is 0 Å². The van der Waals surface area contributed by atoms with E-state index < -0.39 is 36.1 Å². The highest BCUT2D eigenvalue weighted by Crippen LogP contribution is 2.49. The van der Waals surface area contributed by atoms with Crippen LogP contribution < -0.4 is 9.47 Å². The highest BCUT2D eigenvalue weighted by atomic mass is 16.6. The fraction of sp³-hybridized carbons (Fsp3) is 0.528. The zero-order chi connectivity index (χ0) is 33.6. The number of nitrogens with zero attached hydrogens (tertiary/aromatic N) is 1. The Hall–Kier alpha value is -4.41. The summed E-state index contributed by atoms with van der Waals surface area (Å²) in [7, 11) is 0. The summed E-state index contributed by atoms with van der Waals surface area (Å²) in [6, 6.07) is 5.69. The summed E-state index contributed by atoms with van der Waals surface area (Å²) in [5, 5.41) is 0. The quantitative estimate of drug-likeness (QED) is 0.196. The van der Waals surface area contributed by atoms with Gasteiger partial charge in [0.1, 0.15) is 36.4 Å². The summed E-state index contributed by atoms with van der Waals surface area (Å²) in [4.78, 5) is 65.8. The second-order valence-corrected chi connectivity index (χ2v) is 14.1. The zero-order valence-corrected chi connectivity index (χ0v) is 27.5. The van der Waals surface area contributed by atoms with Crippen LogP contribution in [0.4, 0.5) is 4.79 Å². The maximum atomic E-state index is 13.2. The van der Waals surface area contributed by atoms with Crippen LogP contribution in [0.2, 0.25) is 0 Å². The van der Waals surface area contributed by atoms with Gasteiger partial charge in [0, 0.05) is 39.4 Å². The van der Waals surface area contributed by atoms with E-state index in [-0.39, 0.29) is 43.5 Å². The summed E-state index contributed by atoms with van der Waals surface area (Å²) in [5.41, 5.74) is 3.02. The largest absolute Gasteiger partial charge is 0.488 e. The van der Waals surface area contributed by atoms with Gasteiger partial charge in [-0.15, -0.1) is 0 Å². The maximum absolute atomic E-state index is 13.2. The number of Topliss-reactive ketones (excluding diaryl/α,β-unsaturated/α-hetero) is 2. The minimum Gasteiger partial charge on any atom is -0.488 e. The van der Waals surface area contributed by atoms with Crippen molar-refractivity contribution in [2.45, 2.75) is 97.6 Å². The second kappa shape index (κ2) is 12.7. The number of likely N-dealkylation sites (tertiary alicyclic amines) is 1. The predicted octanol–water partition coefficient (Wildman–Crippen LogP) is 5.81. The van der Waals surface area contributed by atoms with Crippen molar-refractivity contribution in [3.05, 3.63) is 46.5 Å². The van der Waals surface area contributed by atoms with Crippen molar-refractivity contribution >= 4 is 29.6 Å². The van der Waals surface area contributed by atoms with Gasteiger partial charge in [-0.3, -0.25) is 19.3 Å². The normalized spacial score (nSPS) is 22.4. The zero-order valence-electron chi connectivity index (χ0n) is 27.5. The lowest BCUT2D eigenvalue weighted by Gasteiger charge is -2.30. The molecule has 1 saturated heterocycles. The minimum atomic E-state index is -0.830. The van der Waals surface area contributed by atoms with E-state index in [1.54, 1.807) is 45.0 Å². The molecule has 3 aliphatic heterocycles. The molecule has 4 atom stereocenters. The second-order valence-electron chi connectivity index (χ2n) is 14.1. The third-order valence-electron chi connectivity index (χ3n) is 9.29. The third-order valence-corrected chi connectivity index (χ3v) is 9.29. The van der Waals surface area contributed by atoms with Crippen molar-refractivity contribution in [2.75, 3.05) is 13.2 Å². The number of hydrogen-bond acceptors (Lipinski definition) is 10. The van der Waals surface area contributed by atoms with E-state index in [1.165, 1.54) is 4.90 Å². The Morgan fingerprint density at radius 3 is 1.83 bits per heavy atom. The van der Waals surface area contributed by atoms with Crippen molar-refractivity contribution in [1.29, 1.82) is 0 Å². The summed E-state index contributed by atoms with van der Waals surface area (Å²) in [6.45, 7) is 8.68. The fourth-order valence-electron chi connectivity index (χ4n) is 6.92. The number of ketones is 2. The Kier molecular flexibility index (Phi) is 8.76. The van der Waals surface area contributed by atoms with Crippen LogP contribution in [0.1, 0.15) is 98.6 Å². The molecule has 11 heteroatoms. The molecule has 6 rings (SSSR count). The first-order valence-electron chi connectivity index (χ1n) is 16.3. The smallest absolute Gasteiger partial charge is 0.411 e. The highest BCUT2D eigenvalue weighted by molar-refractivity contribution is 6.02. The van der Waals surface area contributed by atoms with Gasteiger partial charge in [0.05, 0.1) is 5.92 Å². The molecule has 1 aliphatic carbocycles. The van der Waals surface area contributed by atoms with Gasteiger partial charge in [-0.25, -0.2) is 9.59 Å². The first-order chi connectivity index (χ1) is 22.3. The Balaban J connectivity index is 1.12.